The third-order valence-corrected chi connectivity index (χ3v) is 9.56. The minimum Gasteiger partial charge on any atom is -0.351 e. The fraction of sp³-hybridized carbons (Fsp3) is 0.588. The summed E-state index contributed by atoms with van der Waals surface area (Å²) in [4.78, 5) is 49.7. The first-order valence-corrected chi connectivity index (χ1v) is 16.1. The van der Waals surface area contributed by atoms with E-state index in [-0.39, 0.29) is 35.0 Å². The van der Waals surface area contributed by atoms with Crippen molar-refractivity contribution in [3.8, 4) is 11.4 Å². The maximum absolute atomic E-state index is 13.7. The van der Waals surface area contributed by atoms with E-state index in [2.05, 4.69) is 51.7 Å². The molecule has 0 radical (unpaired) electrons. The number of benzene rings is 1. The SMILES string of the molecule is CCC(=O)CCCCC[C@H](NC(=O)[C@H]1CC12CCN(CC)CC2)c1[nH]c2nc1C(=O)NCCC/C=C/c1cccc-2c1. The first-order valence-electron chi connectivity index (χ1n) is 16.1. The van der Waals surface area contributed by atoms with Gasteiger partial charge < -0.3 is 20.5 Å². The Morgan fingerprint density at radius 3 is 2.79 bits per heavy atom. The zero-order valence-corrected chi connectivity index (χ0v) is 25.3. The van der Waals surface area contributed by atoms with Crippen LogP contribution in [0.1, 0.15) is 112 Å². The molecule has 1 spiro atoms. The summed E-state index contributed by atoms with van der Waals surface area (Å²) in [5, 5.41) is 6.42. The zero-order valence-electron chi connectivity index (χ0n) is 25.3. The van der Waals surface area contributed by atoms with E-state index < -0.39 is 0 Å². The van der Waals surface area contributed by atoms with Gasteiger partial charge in [-0.1, -0.05) is 57.0 Å². The highest BCUT2D eigenvalue weighted by Crippen LogP contribution is 2.59. The molecular weight excluding hydrogens is 526 g/mol. The highest BCUT2D eigenvalue weighted by molar-refractivity contribution is 5.94. The zero-order chi connectivity index (χ0) is 29.5. The van der Waals surface area contributed by atoms with Gasteiger partial charge in [0.05, 0.1) is 11.7 Å². The standard InChI is InChI=1S/C34H47N5O3/c1-3-26(40)15-8-5-9-16-28(36-32(41)27-23-34(27)17-20-39(4-2)21-18-34)29-30-33(42)35-19-10-6-7-12-24-13-11-14-25(22-24)31(37-29)38-30/h7,11-14,22,27-28H,3-6,8-10,15-21,23H2,1-2H3,(H,35,42)(H,36,41)(H,37,38)/b12-7+/t27-,28+/m1/s1. The maximum atomic E-state index is 13.7. The Morgan fingerprint density at radius 2 is 2.00 bits per heavy atom. The molecule has 3 N–H and O–H groups in total. The van der Waals surface area contributed by atoms with Crippen LogP contribution in [-0.2, 0) is 9.59 Å². The van der Waals surface area contributed by atoms with Gasteiger partial charge in [-0.15, -0.1) is 0 Å². The number of aromatic amines is 1. The average molecular weight is 574 g/mol. The molecule has 2 amide bonds. The molecule has 226 valence electrons. The van der Waals surface area contributed by atoms with Crippen LogP contribution in [0.15, 0.2) is 30.3 Å². The summed E-state index contributed by atoms with van der Waals surface area (Å²) in [5.41, 5.74) is 3.15. The van der Waals surface area contributed by atoms with Gasteiger partial charge in [0.1, 0.15) is 11.6 Å². The number of carbonyl (C=O) groups is 3. The van der Waals surface area contributed by atoms with Gasteiger partial charge in [0.15, 0.2) is 5.69 Å². The number of imidazole rings is 1. The highest BCUT2D eigenvalue weighted by atomic mass is 16.2. The maximum Gasteiger partial charge on any atom is 0.271 e. The molecule has 4 bridgehead atoms. The third kappa shape index (κ3) is 7.20. The van der Waals surface area contributed by atoms with Crippen LogP contribution in [0.2, 0.25) is 0 Å². The van der Waals surface area contributed by atoms with Crippen LogP contribution in [-0.4, -0.2) is 58.6 Å². The van der Waals surface area contributed by atoms with Gasteiger partial charge in [-0.25, -0.2) is 4.98 Å². The van der Waals surface area contributed by atoms with E-state index >= 15 is 0 Å². The summed E-state index contributed by atoms with van der Waals surface area (Å²) >= 11 is 0. The summed E-state index contributed by atoms with van der Waals surface area (Å²) in [6, 6.07) is 7.79. The fourth-order valence-electron chi connectivity index (χ4n) is 6.63. The van der Waals surface area contributed by atoms with Crippen molar-refractivity contribution in [2.75, 3.05) is 26.2 Å². The van der Waals surface area contributed by atoms with Crippen LogP contribution in [0.4, 0.5) is 0 Å². The molecule has 1 aliphatic carbocycles. The van der Waals surface area contributed by atoms with E-state index in [1.807, 2.05) is 19.1 Å². The number of Topliss-reactive ketones (excluding diaryl/α,β-unsaturated/α-hetero) is 1. The minimum absolute atomic E-state index is 0.0298. The van der Waals surface area contributed by atoms with Crippen molar-refractivity contribution in [2.24, 2.45) is 11.3 Å². The van der Waals surface area contributed by atoms with E-state index in [9.17, 15) is 14.4 Å². The van der Waals surface area contributed by atoms with Gasteiger partial charge in [-0.3, -0.25) is 14.4 Å². The lowest BCUT2D eigenvalue weighted by Gasteiger charge is -2.32. The van der Waals surface area contributed by atoms with Crippen molar-refractivity contribution in [3.63, 3.8) is 0 Å². The number of fused-ring (bicyclic) bond motifs is 5. The normalized spacial score (nSPS) is 21.4. The molecule has 1 aromatic carbocycles. The van der Waals surface area contributed by atoms with Gasteiger partial charge in [-0.05, 0) is 81.6 Å². The number of piperidine rings is 1. The summed E-state index contributed by atoms with van der Waals surface area (Å²) in [7, 11) is 0. The van der Waals surface area contributed by atoms with Gasteiger partial charge in [0.2, 0.25) is 5.91 Å². The Morgan fingerprint density at radius 1 is 1.17 bits per heavy atom. The number of rotatable bonds is 11. The largest absolute Gasteiger partial charge is 0.351 e. The molecule has 2 aliphatic heterocycles. The summed E-state index contributed by atoms with van der Waals surface area (Å²) in [6.45, 7) is 7.84. The minimum atomic E-state index is -0.356. The van der Waals surface area contributed by atoms with Crippen LogP contribution < -0.4 is 10.6 Å². The number of H-pyrrole nitrogens is 1. The second kappa shape index (κ2) is 13.8. The molecule has 2 fully saturated rings. The predicted octanol–water partition coefficient (Wildman–Crippen LogP) is 5.82. The molecule has 1 aromatic heterocycles. The van der Waals surface area contributed by atoms with Crippen LogP contribution in [0.3, 0.4) is 0 Å². The predicted molar refractivity (Wildman–Crippen MR) is 166 cm³/mol. The first kappa shape index (κ1) is 30.2. The Hall–Kier alpha value is -3.26. The smallest absolute Gasteiger partial charge is 0.271 e. The molecule has 5 rings (SSSR count). The number of nitrogens with one attached hydrogen (secondary N) is 3. The van der Waals surface area contributed by atoms with E-state index in [1.165, 1.54) is 0 Å². The van der Waals surface area contributed by atoms with E-state index in [4.69, 9.17) is 4.98 Å². The lowest BCUT2D eigenvalue weighted by Crippen LogP contribution is -2.38. The number of hydrogen-bond donors (Lipinski definition) is 3. The van der Waals surface area contributed by atoms with Gasteiger partial charge >= 0.3 is 0 Å². The first-order chi connectivity index (χ1) is 20.4. The number of nitrogens with zero attached hydrogens (tertiary/aromatic N) is 2. The number of hydrogen-bond acceptors (Lipinski definition) is 5. The molecule has 2 aromatic rings. The number of allylic oxidation sites excluding steroid dienone is 1. The molecule has 1 saturated carbocycles. The number of likely N-dealkylation sites (tertiary alicyclic amines) is 1. The Balaban J connectivity index is 1.39. The van der Waals surface area contributed by atoms with Crippen LogP contribution in [0, 0.1) is 11.3 Å². The van der Waals surface area contributed by atoms with Crippen molar-refractivity contribution < 1.29 is 14.4 Å². The highest BCUT2D eigenvalue weighted by Gasteiger charge is 2.58. The Kier molecular flexibility index (Phi) is 9.93. The summed E-state index contributed by atoms with van der Waals surface area (Å²) < 4.78 is 0. The van der Waals surface area contributed by atoms with Gasteiger partial charge in [0.25, 0.3) is 5.91 Å². The van der Waals surface area contributed by atoms with Crippen molar-refractivity contribution in [2.45, 2.75) is 90.5 Å². The molecule has 42 heavy (non-hydrogen) atoms. The lowest BCUT2D eigenvalue weighted by molar-refractivity contribution is -0.124. The molecule has 8 heteroatoms. The van der Waals surface area contributed by atoms with Crippen molar-refractivity contribution in [3.05, 3.63) is 47.3 Å². The van der Waals surface area contributed by atoms with Crippen molar-refractivity contribution >= 4 is 23.7 Å². The molecule has 3 aliphatic rings. The monoisotopic (exact) mass is 573 g/mol. The molecule has 3 heterocycles. The van der Waals surface area contributed by atoms with Crippen LogP contribution >= 0.6 is 0 Å². The molecular formula is C34H47N5O3. The number of carbonyl (C=O) groups excluding carboxylic acids is 3. The fourth-order valence-corrected chi connectivity index (χ4v) is 6.63. The van der Waals surface area contributed by atoms with Crippen molar-refractivity contribution in [1.29, 1.82) is 0 Å². The number of ketones is 1. The number of amides is 2. The molecule has 0 unspecified atom stereocenters. The lowest BCUT2D eigenvalue weighted by atomic mass is 9.90. The van der Waals surface area contributed by atoms with E-state index in [0.29, 0.717) is 43.0 Å². The van der Waals surface area contributed by atoms with Gasteiger partial charge in [0, 0.05) is 30.9 Å². The average Bonchev–Trinajstić information content (AvgIpc) is 3.51. The molecule has 8 nitrogen and oxygen atoms in total. The summed E-state index contributed by atoms with van der Waals surface area (Å²) in [6.07, 6.45) is 13.5. The van der Waals surface area contributed by atoms with Crippen molar-refractivity contribution in [1.82, 2.24) is 25.5 Å². The van der Waals surface area contributed by atoms with Crippen LogP contribution in [0.5, 0.6) is 0 Å². The molecule has 1 saturated heterocycles. The van der Waals surface area contributed by atoms with Crippen LogP contribution in [0.25, 0.3) is 17.5 Å². The van der Waals surface area contributed by atoms with E-state index in [1.54, 1.807) is 0 Å². The second-order valence-electron chi connectivity index (χ2n) is 12.4. The quantitative estimate of drug-likeness (QED) is 0.294. The Labute approximate surface area is 250 Å². The topological polar surface area (TPSA) is 107 Å². The number of unbranched alkanes of at least 4 members (excludes halogenated alkanes) is 2. The van der Waals surface area contributed by atoms with Gasteiger partial charge in [-0.2, -0.15) is 0 Å². The second-order valence-corrected chi connectivity index (χ2v) is 12.4. The molecule has 2 atom stereocenters. The number of aromatic nitrogens is 2. The Bertz CT molecular complexity index is 1290. The van der Waals surface area contributed by atoms with E-state index in [0.717, 1.165) is 82.1 Å². The summed E-state index contributed by atoms with van der Waals surface area (Å²) in [5.74, 6) is 0.828. The third-order valence-electron chi connectivity index (χ3n) is 9.56.